The Balaban J connectivity index is 2.05. The van der Waals surface area contributed by atoms with Crippen LogP contribution in [0.5, 0.6) is 0 Å². The minimum Gasteiger partial charge on any atom is -0.384 e. The molecule has 1 saturated carbocycles. The zero-order chi connectivity index (χ0) is 15.0. The van der Waals surface area contributed by atoms with Crippen molar-refractivity contribution in [3.63, 3.8) is 0 Å². The third-order valence-corrected chi connectivity index (χ3v) is 5.12. The molecule has 0 spiro atoms. The lowest BCUT2D eigenvalue weighted by molar-refractivity contribution is -0.143. The standard InChI is InChI=1S/C16H18BrNO3/c1-21-9-16(11-4-5-11)8-13(19)18-15(20)14(16)10-2-6-12(17)7-3-10/h2-3,6-7,11,14H,4-5,8-9H2,1H3,(H,18,19,20). The van der Waals surface area contributed by atoms with Crippen molar-refractivity contribution in [2.24, 2.45) is 11.3 Å². The fraction of sp³-hybridized carbons (Fsp3) is 0.500. The number of halogens is 1. The molecule has 1 saturated heterocycles. The Kier molecular flexibility index (Phi) is 3.88. The Morgan fingerprint density at radius 2 is 1.95 bits per heavy atom. The molecule has 1 aliphatic heterocycles. The van der Waals surface area contributed by atoms with Gasteiger partial charge in [-0.05, 0) is 36.5 Å². The maximum Gasteiger partial charge on any atom is 0.234 e. The summed E-state index contributed by atoms with van der Waals surface area (Å²) in [6.07, 6.45) is 2.49. The Bertz CT molecular complexity index is 567. The van der Waals surface area contributed by atoms with Gasteiger partial charge in [0.25, 0.3) is 0 Å². The molecule has 2 fully saturated rings. The van der Waals surface area contributed by atoms with Crippen molar-refractivity contribution in [2.45, 2.75) is 25.2 Å². The zero-order valence-electron chi connectivity index (χ0n) is 11.9. The first kappa shape index (κ1) is 14.7. The van der Waals surface area contributed by atoms with Crippen LogP contribution in [0.15, 0.2) is 28.7 Å². The lowest BCUT2D eigenvalue weighted by Gasteiger charge is -2.42. The molecular formula is C16H18BrNO3. The second-order valence-corrected chi connectivity index (χ2v) is 6.93. The van der Waals surface area contributed by atoms with Gasteiger partial charge in [0.2, 0.25) is 11.8 Å². The van der Waals surface area contributed by atoms with E-state index >= 15 is 0 Å². The molecule has 0 aromatic heterocycles. The van der Waals surface area contributed by atoms with Crippen LogP contribution in [0, 0.1) is 11.3 Å². The minimum atomic E-state index is -0.401. The molecule has 1 heterocycles. The smallest absolute Gasteiger partial charge is 0.234 e. The van der Waals surface area contributed by atoms with Crippen LogP contribution in [0.2, 0.25) is 0 Å². The first-order valence-corrected chi connectivity index (χ1v) is 7.94. The van der Waals surface area contributed by atoms with Gasteiger partial charge in [-0.15, -0.1) is 0 Å². The minimum absolute atomic E-state index is 0.183. The average molecular weight is 352 g/mol. The predicted molar refractivity (Wildman–Crippen MR) is 81.7 cm³/mol. The van der Waals surface area contributed by atoms with Crippen LogP contribution in [0.25, 0.3) is 0 Å². The maximum atomic E-state index is 12.5. The largest absolute Gasteiger partial charge is 0.384 e. The molecular weight excluding hydrogens is 334 g/mol. The molecule has 4 nitrogen and oxygen atoms in total. The van der Waals surface area contributed by atoms with Crippen LogP contribution < -0.4 is 5.32 Å². The van der Waals surface area contributed by atoms with E-state index in [9.17, 15) is 9.59 Å². The van der Waals surface area contributed by atoms with E-state index in [4.69, 9.17) is 4.74 Å². The molecule has 1 aliphatic carbocycles. The summed E-state index contributed by atoms with van der Waals surface area (Å²) in [5.74, 6) is -0.313. The van der Waals surface area contributed by atoms with E-state index in [1.165, 1.54) is 0 Å². The fourth-order valence-corrected chi connectivity index (χ4v) is 3.88. The van der Waals surface area contributed by atoms with E-state index in [0.717, 1.165) is 22.9 Å². The highest BCUT2D eigenvalue weighted by atomic mass is 79.9. The van der Waals surface area contributed by atoms with Crippen molar-refractivity contribution in [1.82, 2.24) is 5.32 Å². The quantitative estimate of drug-likeness (QED) is 0.848. The SMILES string of the molecule is COCC1(C2CC2)CC(=O)NC(=O)C1c1ccc(Br)cc1. The first-order chi connectivity index (χ1) is 10.1. The summed E-state index contributed by atoms with van der Waals surface area (Å²) in [7, 11) is 1.64. The molecule has 1 N–H and O–H groups in total. The molecule has 0 radical (unpaired) electrons. The Morgan fingerprint density at radius 1 is 1.29 bits per heavy atom. The first-order valence-electron chi connectivity index (χ1n) is 7.15. The fourth-order valence-electron chi connectivity index (χ4n) is 3.61. The molecule has 21 heavy (non-hydrogen) atoms. The van der Waals surface area contributed by atoms with Gasteiger partial charge >= 0.3 is 0 Å². The van der Waals surface area contributed by atoms with Crippen molar-refractivity contribution in [2.75, 3.05) is 13.7 Å². The number of methoxy groups -OCH3 is 1. The molecule has 5 heteroatoms. The number of ether oxygens (including phenoxy) is 1. The van der Waals surface area contributed by atoms with Crippen LogP contribution in [0.4, 0.5) is 0 Å². The molecule has 2 amide bonds. The Hall–Kier alpha value is -1.20. The van der Waals surface area contributed by atoms with Gasteiger partial charge in [0.15, 0.2) is 0 Å². The normalized spacial score (nSPS) is 29.3. The van der Waals surface area contributed by atoms with Crippen LogP contribution in [0.3, 0.4) is 0 Å². The van der Waals surface area contributed by atoms with Gasteiger partial charge in [0, 0.05) is 23.4 Å². The summed E-state index contributed by atoms with van der Waals surface area (Å²) in [5.41, 5.74) is 0.550. The van der Waals surface area contributed by atoms with E-state index in [1.807, 2.05) is 24.3 Å². The highest BCUT2D eigenvalue weighted by molar-refractivity contribution is 9.10. The van der Waals surface area contributed by atoms with Crippen molar-refractivity contribution in [3.8, 4) is 0 Å². The summed E-state index contributed by atoms with van der Waals surface area (Å²) < 4.78 is 6.39. The van der Waals surface area contributed by atoms with E-state index in [0.29, 0.717) is 18.9 Å². The summed E-state index contributed by atoms with van der Waals surface area (Å²) in [5, 5.41) is 2.49. The average Bonchev–Trinajstić information content (AvgIpc) is 3.25. The van der Waals surface area contributed by atoms with Crippen molar-refractivity contribution in [3.05, 3.63) is 34.3 Å². The van der Waals surface area contributed by atoms with Crippen LogP contribution in [0.1, 0.15) is 30.7 Å². The van der Waals surface area contributed by atoms with Crippen LogP contribution in [-0.4, -0.2) is 25.5 Å². The number of rotatable bonds is 4. The zero-order valence-corrected chi connectivity index (χ0v) is 13.5. The van der Waals surface area contributed by atoms with Crippen molar-refractivity contribution in [1.29, 1.82) is 0 Å². The van der Waals surface area contributed by atoms with Crippen molar-refractivity contribution < 1.29 is 14.3 Å². The number of carbonyl (C=O) groups is 2. The summed E-state index contributed by atoms with van der Waals surface area (Å²) in [4.78, 5) is 24.4. The molecule has 0 bridgehead atoms. The molecule has 2 aliphatic rings. The van der Waals surface area contributed by atoms with Gasteiger partial charge in [-0.2, -0.15) is 0 Å². The summed E-state index contributed by atoms with van der Waals surface area (Å²) in [6, 6.07) is 7.78. The predicted octanol–water partition coefficient (Wildman–Crippen LogP) is 2.62. The topological polar surface area (TPSA) is 55.4 Å². The van der Waals surface area contributed by atoms with Gasteiger partial charge in [-0.25, -0.2) is 0 Å². The maximum absolute atomic E-state index is 12.5. The van der Waals surface area contributed by atoms with Gasteiger partial charge < -0.3 is 4.74 Å². The third-order valence-electron chi connectivity index (χ3n) is 4.60. The Morgan fingerprint density at radius 3 is 2.52 bits per heavy atom. The number of hydrogen-bond donors (Lipinski definition) is 1. The highest BCUT2D eigenvalue weighted by Crippen LogP contribution is 2.56. The van der Waals surface area contributed by atoms with Crippen LogP contribution >= 0.6 is 15.9 Å². The van der Waals surface area contributed by atoms with E-state index in [2.05, 4.69) is 21.2 Å². The summed E-state index contributed by atoms with van der Waals surface area (Å²) >= 11 is 3.42. The van der Waals surface area contributed by atoms with Gasteiger partial charge in [-0.1, -0.05) is 28.1 Å². The summed E-state index contributed by atoms with van der Waals surface area (Å²) in [6.45, 7) is 0.442. The van der Waals surface area contributed by atoms with E-state index in [1.54, 1.807) is 7.11 Å². The second-order valence-electron chi connectivity index (χ2n) is 6.01. The van der Waals surface area contributed by atoms with E-state index < -0.39 is 5.41 Å². The highest BCUT2D eigenvalue weighted by Gasteiger charge is 2.56. The lowest BCUT2D eigenvalue weighted by atomic mass is 9.64. The molecule has 112 valence electrons. The van der Waals surface area contributed by atoms with Crippen LogP contribution in [-0.2, 0) is 14.3 Å². The number of hydrogen-bond acceptors (Lipinski definition) is 3. The lowest BCUT2D eigenvalue weighted by Crippen LogP contribution is -2.53. The monoisotopic (exact) mass is 351 g/mol. The number of nitrogens with one attached hydrogen (secondary N) is 1. The Labute approximate surface area is 132 Å². The molecule has 2 atom stereocenters. The molecule has 1 aromatic carbocycles. The van der Waals surface area contributed by atoms with E-state index in [-0.39, 0.29) is 17.7 Å². The molecule has 2 unspecified atom stereocenters. The third kappa shape index (κ3) is 2.64. The second kappa shape index (κ2) is 5.54. The van der Waals surface area contributed by atoms with Gasteiger partial charge in [-0.3, -0.25) is 14.9 Å². The number of imide groups is 1. The van der Waals surface area contributed by atoms with Crippen molar-refractivity contribution >= 4 is 27.7 Å². The molecule has 3 rings (SSSR count). The van der Waals surface area contributed by atoms with Gasteiger partial charge in [0.05, 0.1) is 12.5 Å². The van der Waals surface area contributed by atoms with Gasteiger partial charge in [0.1, 0.15) is 0 Å². The number of piperidine rings is 1. The number of amides is 2. The number of carbonyl (C=O) groups excluding carboxylic acids is 2. The number of benzene rings is 1. The molecule has 1 aromatic rings.